The van der Waals surface area contributed by atoms with Crippen molar-refractivity contribution in [2.24, 2.45) is 0 Å². The highest BCUT2D eigenvalue weighted by Crippen LogP contribution is 2.25. The zero-order valence-corrected chi connectivity index (χ0v) is 8.83. The minimum atomic E-state index is -0.823. The molecule has 1 aromatic rings. The maximum absolute atomic E-state index is 10.1. The van der Waals surface area contributed by atoms with Gasteiger partial charge in [0.05, 0.1) is 5.60 Å². The summed E-state index contributed by atoms with van der Waals surface area (Å²) in [5, 5.41) is 18.8. The van der Waals surface area contributed by atoms with Gasteiger partial charge in [0, 0.05) is 6.61 Å². The van der Waals surface area contributed by atoms with Gasteiger partial charge in [-0.3, -0.25) is 0 Å². The molecule has 0 aliphatic heterocycles. The van der Waals surface area contributed by atoms with E-state index in [1.54, 1.807) is 6.92 Å². The van der Waals surface area contributed by atoms with Gasteiger partial charge in [-0.1, -0.05) is 29.8 Å². The van der Waals surface area contributed by atoms with Crippen molar-refractivity contribution in [2.45, 2.75) is 32.3 Å². The van der Waals surface area contributed by atoms with Gasteiger partial charge in [0.15, 0.2) is 0 Å². The van der Waals surface area contributed by atoms with Crippen molar-refractivity contribution >= 4 is 0 Å². The smallest absolute Gasteiger partial charge is 0.0869 e. The first-order chi connectivity index (χ1) is 6.56. The SMILES string of the molecule is Cc1ccc(C(C)(O)CCCO)cc1. The zero-order chi connectivity index (χ0) is 10.6. The standard InChI is InChI=1S/C12H18O2/c1-10-4-6-11(7-5-10)12(2,14)8-3-9-13/h4-7,13-14H,3,8-9H2,1-2H3. The molecule has 0 aliphatic carbocycles. The second-order valence-electron chi connectivity index (χ2n) is 3.97. The Morgan fingerprint density at radius 2 is 1.79 bits per heavy atom. The molecule has 2 heteroatoms. The topological polar surface area (TPSA) is 40.5 Å². The van der Waals surface area contributed by atoms with Crippen LogP contribution < -0.4 is 0 Å². The fourth-order valence-electron chi connectivity index (χ4n) is 1.48. The Bertz CT molecular complexity index is 275. The lowest BCUT2D eigenvalue weighted by Gasteiger charge is -2.23. The summed E-state index contributed by atoms with van der Waals surface area (Å²) in [7, 11) is 0. The quantitative estimate of drug-likeness (QED) is 0.769. The Labute approximate surface area is 85.2 Å². The van der Waals surface area contributed by atoms with E-state index in [1.807, 2.05) is 31.2 Å². The molecule has 0 amide bonds. The minimum Gasteiger partial charge on any atom is -0.396 e. The monoisotopic (exact) mass is 194 g/mol. The number of hydrogen-bond acceptors (Lipinski definition) is 2. The minimum absolute atomic E-state index is 0.127. The normalized spacial score (nSPS) is 15.1. The van der Waals surface area contributed by atoms with Gasteiger partial charge in [0.2, 0.25) is 0 Å². The molecule has 0 bridgehead atoms. The van der Waals surface area contributed by atoms with Gasteiger partial charge in [-0.25, -0.2) is 0 Å². The van der Waals surface area contributed by atoms with E-state index in [0.717, 1.165) is 5.56 Å². The molecule has 2 N–H and O–H groups in total. The van der Waals surface area contributed by atoms with Crippen molar-refractivity contribution in [3.63, 3.8) is 0 Å². The molecule has 78 valence electrons. The number of hydrogen-bond donors (Lipinski definition) is 2. The average molecular weight is 194 g/mol. The number of aliphatic hydroxyl groups excluding tert-OH is 1. The second kappa shape index (κ2) is 4.58. The summed E-state index contributed by atoms with van der Waals surface area (Å²) in [5.41, 5.74) is 1.28. The van der Waals surface area contributed by atoms with Crippen molar-refractivity contribution in [1.82, 2.24) is 0 Å². The lowest BCUT2D eigenvalue weighted by Crippen LogP contribution is -2.21. The molecular formula is C12H18O2. The molecule has 0 radical (unpaired) electrons. The van der Waals surface area contributed by atoms with Gasteiger partial charge in [-0.15, -0.1) is 0 Å². The van der Waals surface area contributed by atoms with Gasteiger partial charge in [0.25, 0.3) is 0 Å². The Balaban J connectivity index is 2.75. The van der Waals surface area contributed by atoms with Gasteiger partial charge in [-0.2, -0.15) is 0 Å². The van der Waals surface area contributed by atoms with Crippen LogP contribution in [0.25, 0.3) is 0 Å². The van der Waals surface area contributed by atoms with Crippen molar-refractivity contribution in [3.05, 3.63) is 35.4 Å². The highest BCUT2D eigenvalue weighted by molar-refractivity contribution is 5.25. The molecule has 1 unspecified atom stereocenters. The summed E-state index contributed by atoms with van der Waals surface area (Å²) >= 11 is 0. The van der Waals surface area contributed by atoms with E-state index in [-0.39, 0.29) is 6.61 Å². The Hall–Kier alpha value is -0.860. The van der Waals surface area contributed by atoms with Crippen molar-refractivity contribution in [2.75, 3.05) is 6.61 Å². The van der Waals surface area contributed by atoms with E-state index in [1.165, 1.54) is 5.56 Å². The molecule has 0 saturated heterocycles. The largest absolute Gasteiger partial charge is 0.396 e. The van der Waals surface area contributed by atoms with Crippen molar-refractivity contribution < 1.29 is 10.2 Å². The van der Waals surface area contributed by atoms with Crippen LogP contribution in [0.1, 0.15) is 30.9 Å². The molecule has 1 aromatic carbocycles. The molecule has 1 rings (SSSR count). The summed E-state index contributed by atoms with van der Waals surface area (Å²) in [4.78, 5) is 0. The van der Waals surface area contributed by atoms with Gasteiger partial charge in [-0.05, 0) is 32.3 Å². The highest BCUT2D eigenvalue weighted by Gasteiger charge is 2.21. The van der Waals surface area contributed by atoms with E-state index >= 15 is 0 Å². The first kappa shape index (κ1) is 11.2. The summed E-state index contributed by atoms with van der Waals surface area (Å²) in [5.74, 6) is 0. The number of aliphatic hydroxyl groups is 2. The van der Waals surface area contributed by atoms with Crippen LogP contribution in [0.3, 0.4) is 0 Å². The van der Waals surface area contributed by atoms with Crippen LogP contribution in [0.2, 0.25) is 0 Å². The maximum Gasteiger partial charge on any atom is 0.0869 e. The molecule has 2 nitrogen and oxygen atoms in total. The second-order valence-corrected chi connectivity index (χ2v) is 3.97. The molecule has 0 aromatic heterocycles. The third kappa shape index (κ3) is 2.82. The van der Waals surface area contributed by atoms with Gasteiger partial charge >= 0.3 is 0 Å². The molecule has 0 heterocycles. The lowest BCUT2D eigenvalue weighted by atomic mass is 9.91. The predicted octanol–water partition coefficient (Wildman–Crippen LogP) is 1.98. The summed E-state index contributed by atoms with van der Waals surface area (Å²) in [6, 6.07) is 7.85. The van der Waals surface area contributed by atoms with Gasteiger partial charge < -0.3 is 10.2 Å². The molecule has 0 spiro atoms. The maximum atomic E-state index is 10.1. The third-order valence-corrected chi connectivity index (χ3v) is 2.50. The van der Waals surface area contributed by atoms with Crippen LogP contribution in [-0.4, -0.2) is 16.8 Å². The highest BCUT2D eigenvalue weighted by atomic mass is 16.3. The van der Waals surface area contributed by atoms with E-state index in [0.29, 0.717) is 12.8 Å². The average Bonchev–Trinajstić information content (AvgIpc) is 2.16. The Morgan fingerprint density at radius 1 is 1.21 bits per heavy atom. The van der Waals surface area contributed by atoms with Crippen LogP contribution in [0.15, 0.2) is 24.3 Å². The van der Waals surface area contributed by atoms with Crippen LogP contribution >= 0.6 is 0 Å². The van der Waals surface area contributed by atoms with E-state index in [9.17, 15) is 5.11 Å². The summed E-state index contributed by atoms with van der Waals surface area (Å²) < 4.78 is 0. The van der Waals surface area contributed by atoms with E-state index in [4.69, 9.17) is 5.11 Å². The molecular weight excluding hydrogens is 176 g/mol. The zero-order valence-electron chi connectivity index (χ0n) is 8.83. The molecule has 14 heavy (non-hydrogen) atoms. The Kier molecular flexibility index (Phi) is 3.67. The molecule has 0 aliphatic rings. The number of benzene rings is 1. The van der Waals surface area contributed by atoms with Crippen LogP contribution in [0.5, 0.6) is 0 Å². The van der Waals surface area contributed by atoms with Crippen LogP contribution in [0.4, 0.5) is 0 Å². The van der Waals surface area contributed by atoms with Crippen molar-refractivity contribution in [1.29, 1.82) is 0 Å². The van der Waals surface area contributed by atoms with E-state index < -0.39 is 5.60 Å². The summed E-state index contributed by atoms with van der Waals surface area (Å²) in [6.45, 7) is 3.93. The lowest BCUT2D eigenvalue weighted by molar-refractivity contribution is 0.0403. The van der Waals surface area contributed by atoms with Crippen molar-refractivity contribution in [3.8, 4) is 0 Å². The van der Waals surface area contributed by atoms with Crippen LogP contribution in [-0.2, 0) is 5.60 Å². The van der Waals surface area contributed by atoms with Crippen LogP contribution in [0, 0.1) is 6.92 Å². The summed E-state index contributed by atoms with van der Waals surface area (Å²) in [6.07, 6.45) is 1.22. The van der Waals surface area contributed by atoms with Gasteiger partial charge in [0.1, 0.15) is 0 Å². The number of aryl methyl sites for hydroxylation is 1. The molecule has 0 fully saturated rings. The number of rotatable bonds is 4. The predicted molar refractivity (Wildman–Crippen MR) is 57.1 cm³/mol. The molecule has 0 saturated carbocycles. The fourth-order valence-corrected chi connectivity index (χ4v) is 1.48. The fraction of sp³-hybridized carbons (Fsp3) is 0.500. The molecule has 1 atom stereocenters. The first-order valence-corrected chi connectivity index (χ1v) is 4.96. The van der Waals surface area contributed by atoms with E-state index in [2.05, 4.69) is 0 Å². The first-order valence-electron chi connectivity index (χ1n) is 4.96. The Morgan fingerprint density at radius 3 is 2.29 bits per heavy atom. The third-order valence-electron chi connectivity index (χ3n) is 2.50.